The molecule has 0 saturated carbocycles. The Morgan fingerprint density at radius 3 is 2.11 bits per heavy atom. The Morgan fingerprint density at radius 2 is 1.72 bits per heavy atom. The van der Waals surface area contributed by atoms with E-state index in [-0.39, 0.29) is 5.54 Å². The third kappa shape index (κ3) is 3.94. The SMILES string of the molecule is CCCC(CC)(CN)N1CCN(CC(C)C)CC1. The van der Waals surface area contributed by atoms with Crippen molar-refractivity contribution in [2.24, 2.45) is 11.7 Å². The van der Waals surface area contributed by atoms with E-state index in [1.54, 1.807) is 0 Å². The minimum atomic E-state index is 0.263. The number of nitrogens with two attached hydrogens (primary N) is 1. The maximum atomic E-state index is 6.10. The van der Waals surface area contributed by atoms with Crippen LogP contribution in [-0.2, 0) is 0 Å². The lowest BCUT2D eigenvalue weighted by molar-refractivity contribution is 0.0242. The smallest absolute Gasteiger partial charge is 0.0330 e. The van der Waals surface area contributed by atoms with Gasteiger partial charge in [-0.2, -0.15) is 0 Å². The monoisotopic (exact) mass is 255 g/mol. The first-order valence-corrected chi connectivity index (χ1v) is 7.75. The largest absolute Gasteiger partial charge is 0.329 e. The molecule has 0 aromatic rings. The van der Waals surface area contributed by atoms with Gasteiger partial charge in [0.15, 0.2) is 0 Å². The van der Waals surface area contributed by atoms with Crippen LogP contribution in [-0.4, -0.2) is 54.6 Å². The van der Waals surface area contributed by atoms with Crippen molar-refractivity contribution < 1.29 is 0 Å². The van der Waals surface area contributed by atoms with Crippen molar-refractivity contribution in [3.8, 4) is 0 Å². The van der Waals surface area contributed by atoms with Crippen LogP contribution in [0.2, 0.25) is 0 Å². The topological polar surface area (TPSA) is 32.5 Å². The zero-order valence-corrected chi connectivity index (χ0v) is 12.9. The second kappa shape index (κ2) is 7.46. The van der Waals surface area contributed by atoms with Crippen LogP contribution in [0.25, 0.3) is 0 Å². The zero-order valence-electron chi connectivity index (χ0n) is 12.9. The van der Waals surface area contributed by atoms with E-state index in [1.807, 2.05) is 0 Å². The molecule has 0 aliphatic carbocycles. The molecule has 1 aliphatic rings. The number of nitrogens with zero attached hydrogens (tertiary/aromatic N) is 2. The quantitative estimate of drug-likeness (QED) is 0.757. The third-order valence-electron chi connectivity index (χ3n) is 4.42. The molecule has 0 spiro atoms. The van der Waals surface area contributed by atoms with Gasteiger partial charge in [-0.15, -0.1) is 0 Å². The lowest BCUT2D eigenvalue weighted by Gasteiger charge is -2.47. The molecule has 1 fully saturated rings. The molecular weight excluding hydrogens is 222 g/mol. The van der Waals surface area contributed by atoms with E-state index in [4.69, 9.17) is 5.73 Å². The molecule has 0 aromatic heterocycles. The summed E-state index contributed by atoms with van der Waals surface area (Å²) in [5.41, 5.74) is 6.36. The Bertz CT molecular complexity index is 216. The van der Waals surface area contributed by atoms with Crippen LogP contribution in [0.15, 0.2) is 0 Å². The van der Waals surface area contributed by atoms with Gasteiger partial charge in [-0.25, -0.2) is 0 Å². The Hall–Kier alpha value is -0.120. The minimum Gasteiger partial charge on any atom is -0.329 e. The minimum absolute atomic E-state index is 0.263. The molecule has 3 heteroatoms. The molecule has 1 rings (SSSR count). The van der Waals surface area contributed by atoms with Crippen molar-refractivity contribution in [2.75, 3.05) is 39.3 Å². The summed E-state index contributed by atoms with van der Waals surface area (Å²) in [5.74, 6) is 0.776. The van der Waals surface area contributed by atoms with E-state index in [9.17, 15) is 0 Å². The fraction of sp³-hybridized carbons (Fsp3) is 1.00. The molecular formula is C15H33N3. The molecule has 1 unspecified atom stereocenters. The summed E-state index contributed by atoms with van der Waals surface area (Å²) in [6, 6.07) is 0. The molecule has 0 bridgehead atoms. The number of rotatable bonds is 7. The summed E-state index contributed by atoms with van der Waals surface area (Å²) in [4.78, 5) is 5.26. The molecule has 3 nitrogen and oxygen atoms in total. The molecule has 2 N–H and O–H groups in total. The van der Waals surface area contributed by atoms with E-state index < -0.39 is 0 Å². The summed E-state index contributed by atoms with van der Waals surface area (Å²) in [7, 11) is 0. The second-order valence-electron chi connectivity index (χ2n) is 6.21. The van der Waals surface area contributed by atoms with Gasteiger partial charge in [0.1, 0.15) is 0 Å². The van der Waals surface area contributed by atoms with Gasteiger partial charge >= 0.3 is 0 Å². The van der Waals surface area contributed by atoms with Gasteiger partial charge in [0, 0.05) is 44.8 Å². The molecule has 1 atom stereocenters. The summed E-state index contributed by atoms with van der Waals surface area (Å²) in [6.45, 7) is 16.0. The molecule has 1 aliphatic heterocycles. The average molecular weight is 255 g/mol. The van der Waals surface area contributed by atoms with E-state index in [0.29, 0.717) is 0 Å². The molecule has 0 amide bonds. The van der Waals surface area contributed by atoms with Gasteiger partial charge < -0.3 is 10.6 Å². The number of piperazine rings is 1. The van der Waals surface area contributed by atoms with Crippen molar-refractivity contribution >= 4 is 0 Å². The number of hydrogen-bond acceptors (Lipinski definition) is 3. The Kier molecular flexibility index (Phi) is 6.61. The molecule has 0 aromatic carbocycles. The molecule has 1 saturated heterocycles. The lowest BCUT2D eigenvalue weighted by Crippen LogP contribution is -2.60. The van der Waals surface area contributed by atoms with Gasteiger partial charge in [0.25, 0.3) is 0 Å². The highest BCUT2D eigenvalue weighted by molar-refractivity contribution is 4.92. The summed E-state index contributed by atoms with van der Waals surface area (Å²) in [5, 5.41) is 0. The summed E-state index contributed by atoms with van der Waals surface area (Å²) in [6.07, 6.45) is 3.66. The van der Waals surface area contributed by atoms with Crippen LogP contribution in [0.5, 0.6) is 0 Å². The highest BCUT2D eigenvalue weighted by Gasteiger charge is 2.34. The van der Waals surface area contributed by atoms with Crippen LogP contribution in [0.4, 0.5) is 0 Å². The van der Waals surface area contributed by atoms with E-state index >= 15 is 0 Å². The standard InChI is InChI=1S/C15H33N3/c1-5-7-15(6-2,13-16)18-10-8-17(9-11-18)12-14(3)4/h14H,5-13,16H2,1-4H3. The Morgan fingerprint density at radius 1 is 1.11 bits per heavy atom. The van der Waals surface area contributed by atoms with Gasteiger partial charge in [0.2, 0.25) is 0 Å². The van der Waals surface area contributed by atoms with Crippen molar-refractivity contribution in [1.29, 1.82) is 0 Å². The first kappa shape index (κ1) is 15.9. The fourth-order valence-electron chi connectivity index (χ4n) is 3.32. The van der Waals surface area contributed by atoms with Gasteiger partial charge in [-0.1, -0.05) is 34.1 Å². The first-order chi connectivity index (χ1) is 8.57. The normalized spacial score (nSPS) is 22.3. The van der Waals surface area contributed by atoms with Gasteiger partial charge in [-0.3, -0.25) is 4.90 Å². The van der Waals surface area contributed by atoms with Crippen LogP contribution in [0, 0.1) is 5.92 Å². The van der Waals surface area contributed by atoms with Crippen molar-refractivity contribution in [2.45, 2.75) is 52.5 Å². The predicted molar refractivity (Wildman–Crippen MR) is 79.8 cm³/mol. The highest BCUT2D eigenvalue weighted by atomic mass is 15.3. The third-order valence-corrected chi connectivity index (χ3v) is 4.42. The van der Waals surface area contributed by atoms with Crippen LogP contribution < -0.4 is 5.73 Å². The Labute approximate surface area is 114 Å². The maximum absolute atomic E-state index is 6.10. The predicted octanol–water partition coefficient (Wildman–Crippen LogP) is 2.17. The van der Waals surface area contributed by atoms with Gasteiger partial charge in [0.05, 0.1) is 0 Å². The lowest BCUT2D eigenvalue weighted by atomic mass is 9.88. The molecule has 108 valence electrons. The van der Waals surface area contributed by atoms with Crippen LogP contribution in [0.1, 0.15) is 47.0 Å². The van der Waals surface area contributed by atoms with Crippen LogP contribution >= 0.6 is 0 Å². The van der Waals surface area contributed by atoms with E-state index in [2.05, 4.69) is 37.5 Å². The number of hydrogen-bond donors (Lipinski definition) is 1. The van der Waals surface area contributed by atoms with Crippen molar-refractivity contribution in [1.82, 2.24) is 9.80 Å². The maximum Gasteiger partial charge on any atom is 0.0330 e. The van der Waals surface area contributed by atoms with E-state index in [0.717, 1.165) is 12.5 Å². The van der Waals surface area contributed by atoms with Crippen LogP contribution in [0.3, 0.4) is 0 Å². The molecule has 0 radical (unpaired) electrons. The summed E-state index contributed by atoms with van der Waals surface area (Å²) >= 11 is 0. The Balaban J connectivity index is 2.53. The van der Waals surface area contributed by atoms with E-state index in [1.165, 1.54) is 52.0 Å². The molecule has 1 heterocycles. The van der Waals surface area contributed by atoms with Crippen molar-refractivity contribution in [3.05, 3.63) is 0 Å². The first-order valence-electron chi connectivity index (χ1n) is 7.75. The zero-order chi connectivity index (χ0) is 13.6. The highest BCUT2D eigenvalue weighted by Crippen LogP contribution is 2.26. The average Bonchev–Trinajstić information content (AvgIpc) is 2.36. The summed E-state index contributed by atoms with van der Waals surface area (Å²) < 4.78 is 0. The van der Waals surface area contributed by atoms with Crippen molar-refractivity contribution in [3.63, 3.8) is 0 Å². The molecule has 18 heavy (non-hydrogen) atoms. The fourth-order valence-corrected chi connectivity index (χ4v) is 3.32. The second-order valence-corrected chi connectivity index (χ2v) is 6.21. The van der Waals surface area contributed by atoms with Gasteiger partial charge in [-0.05, 0) is 18.8 Å².